The average Bonchev–Trinajstić information content (AvgIpc) is 3.00. The summed E-state index contributed by atoms with van der Waals surface area (Å²) < 4.78 is 5.46. The van der Waals surface area contributed by atoms with Gasteiger partial charge in [0.2, 0.25) is 0 Å². The van der Waals surface area contributed by atoms with E-state index >= 15 is 0 Å². The molecule has 0 aromatic heterocycles. The van der Waals surface area contributed by atoms with Crippen molar-refractivity contribution in [2.45, 2.75) is 52.8 Å². The molecule has 1 heterocycles. The number of nitrogens with one attached hydrogen (secondary N) is 1. The lowest BCUT2D eigenvalue weighted by molar-refractivity contribution is -0.158. The highest BCUT2D eigenvalue weighted by atomic mass is 16.6. The van der Waals surface area contributed by atoms with E-state index in [1.807, 2.05) is 6.07 Å². The van der Waals surface area contributed by atoms with Gasteiger partial charge in [-0.15, -0.1) is 0 Å². The van der Waals surface area contributed by atoms with Gasteiger partial charge in [0.05, 0.1) is 17.7 Å². The fourth-order valence-electron chi connectivity index (χ4n) is 3.46. The number of nitrogens with zero attached hydrogens (tertiary/aromatic N) is 2. The minimum Gasteiger partial charge on any atom is -0.458 e. The molecule has 1 aliphatic rings. The molecule has 0 fully saturated rings. The summed E-state index contributed by atoms with van der Waals surface area (Å²) in [6, 6.07) is 13.7. The zero-order valence-corrected chi connectivity index (χ0v) is 19.5. The van der Waals surface area contributed by atoms with Crippen LogP contribution in [0.3, 0.4) is 0 Å². The number of esters is 1. The second-order valence-electron chi connectivity index (χ2n) is 9.22. The van der Waals surface area contributed by atoms with Crippen LogP contribution in [0.5, 0.6) is 0 Å². The van der Waals surface area contributed by atoms with Gasteiger partial charge in [0, 0.05) is 0 Å². The molecular formula is C25H29N3O5. The van der Waals surface area contributed by atoms with Crippen molar-refractivity contribution in [3.8, 4) is 0 Å². The summed E-state index contributed by atoms with van der Waals surface area (Å²) in [6.45, 7) is 8.73. The van der Waals surface area contributed by atoms with Crippen LogP contribution < -0.4 is 5.32 Å². The molecule has 0 saturated carbocycles. The molecule has 33 heavy (non-hydrogen) atoms. The number of hydrazine groups is 1. The number of carbonyl (C=O) groups is 4. The van der Waals surface area contributed by atoms with Crippen LogP contribution >= 0.6 is 0 Å². The highest BCUT2D eigenvalue weighted by Crippen LogP contribution is 2.25. The molecule has 1 atom stereocenters. The van der Waals surface area contributed by atoms with Gasteiger partial charge in [-0.25, -0.2) is 14.6 Å². The summed E-state index contributed by atoms with van der Waals surface area (Å²) in [6.07, 6.45) is 0. The van der Waals surface area contributed by atoms with Gasteiger partial charge in [-0.3, -0.25) is 9.59 Å². The topological polar surface area (TPSA) is 96.0 Å². The second kappa shape index (κ2) is 9.44. The molecule has 0 aliphatic carbocycles. The lowest BCUT2D eigenvalue weighted by Gasteiger charge is -2.33. The molecule has 1 aliphatic heterocycles. The number of amides is 4. The van der Waals surface area contributed by atoms with Crippen LogP contribution in [0.1, 0.15) is 60.9 Å². The van der Waals surface area contributed by atoms with Gasteiger partial charge in [-0.05, 0) is 44.4 Å². The molecule has 0 bridgehead atoms. The molecule has 8 heteroatoms. The van der Waals surface area contributed by atoms with Gasteiger partial charge in [0.15, 0.2) is 0 Å². The van der Waals surface area contributed by atoms with E-state index in [9.17, 15) is 19.2 Å². The van der Waals surface area contributed by atoms with E-state index in [1.165, 1.54) is 0 Å². The third kappa shape index (κ3) is 5.39. The van der Waals surface area contributed by atoms with Crippen molar-refractivity contribution >= 4 is 23.8 Å². The number of rotatable bonds is 6. The Hall–Kier alpha value is -3.68. The molecule has 0 saturated heterocycles. The molecule has 3 rings (SSSR count). The minimum absolute atomic E-state index is 0.0444. The zero-order valence-electron chi connectivity index (χ0n) is 19.5. The fraction of sp³-hybridized carbons (Fsp3) is 0.360. The quantitative estimate of drug-likeness (QED) is 0.533. The first-order valence-electron chi connectivity index (χ1n) is 10.8. The second-order valence-corrected chi connectivity index (χ2v) is 9.22. The normalized spacial score (nSPS) is 14.2. The van der Waals surface area contributed by atoms with E-state index in [4.69, 9.17) is 4.74 Å². The van der Waals surface area contributed by atoms with Gasteiger partial charge >= 0.3 is 12.0 Å². The first kappa shape index (κ1) is 24.0. The monoisotopic (exact) mass is 451 g/mol. The van der Waals surface area contributed by atoms with Gasteiger partial charge in [-0.2, -0.15) is 5.01 Å². The Morgan fingerprint density at radius 2 is 1.45 bits per heavy atom. The summed E-state index contributed by atoms with van der Waals surface area (Å²) in [7, 11) is 0. The van der Waals surface area contributed by atoms with Crippen LogP contribution in [-0.2, 0) is 16.1 Å². The Balaban J connectivity index is 1.93. The zero-order chi connectivity index (χ0) is 24.3. The van der Waals surface area contributed by atoms with Crippen LogP contribution in [-0.4, -0.2) is 45.5 Å². The van der Waals surface area contributed by atoms with Crippen molar-refractivity contribution in [1.29, 1.82) is 0 Å². The summed E-state index contributed by atoms with van der Waals surface area (Å²) >= 11 is 0. The number of hydrogen-bond acceptors (Lipinski definition) is 5. The molecule has 2 aromatic carbocycles. The van der Waals surface area contributed by atoms with Crippen molar-refractivity contribution in [2.24, 2.45) is 5.92 Å². The van der Waals surface area contributed by atoms with Crippen LogP contribution in [0.25, 0.3) is 0 Å². The van der Waals surface area contributed by atoms with E-state index in [2.05, 4.69) is 5.32 Å². The van der Waals surface area contributed by atoms with Crippen LogP contribution in [0.15, 0.2) is 54.6 Å². The van der Waals surface area contributed by atoms with E-state index in [0.717, 1.165) is 10.0 Å². The predicted molar refractivity (Wildman–Crippen MR) is 122 cm³/mol. The van der Waals surface area contributed by atoms with E-state index in [-0.39, 0.29) is 23.6 Å². The first-order valence-corrected chi connectivity index (χ1v) is 10.8. The van der Waals surface area contributed by atoms with Crippen molar-refractivity contribution in [3.63, 3.8) is 0 Å². The molecule has 0 spiro atoms. The molecule has 174 valence electrons. The Bertz CT molecular complexity index is 1020. The predicted octanol–water partition coefficient (Wildman–Crippen LogP) is 3.78. The Labute approximate surface area is 193 Å². The molecular weight excluding hydrogens is 422 g/mol. The number of fused-ring (bicyclic) bond motifs is 1. The first-order chi connectivity index (χ1) is 15.5. The van der Waals surface area contributed by atoms with Crippen molar-refractivity contribution in [3.05, 3.63) is 71.3 Å². The van der Waals surface area contributed by atoms with Crippen molar-refractivity contribution < 1.29 is 23.9 Å². The van der Waals surface area contributed by atoms with Crippen molar-refractivity contribution in [2.75, 3.05) is 0 Å². The van der Waals surface area contributed by atoms with Crippen LogP contribution in [0, 0.1) is 5.92 Å². The van der Waals surface area contributed by atoms with Gasteiger partial charge < -0.3 is 10.1 Å². The molecule has 1 unspecified atom stereocenters. The number of imide groups is 1. The number of carbonyl (C=O) groups excluding carboxylic acids is 4. The maximum absolute atomic E-state index is 13.4. The molecule has 4 amide bonds. The third-order valence-corrected chi connectivity index (χ3v) is 5.03. The van der Waals surface area contributed by atoms with E-state index in [1.54, 1.807) is 83.1 Å². The Morgan fingerprint density at radius 3 is 1.94 bits per heavy atom. The maximum atomic E-state index is 13.4. The average molecular weight is 452 g/mol. The lowest BCUT2D eigenvalue weighted by Crippen LogP contribution is -2.57. The molecule has 0 radical (unpaired) electrons. The highest BCUT2D eigenvalue weighted by molar-refractivity contribution is 6.21. The third-order valence-electron chi connectivity index (χ3n) is 5.03. The SMILES string of the molecule is CC(C)C(NC(=O)N(Cc1ccccc1)N1C(=O)c2ccccc2C1=O)C(=O)OC(C)(C)C. The maximum Gasteiger partial charge on any atom is 0.337 e. The van der Waals surface area contributed by atoms with Crippen LogP contribution in [0.2, 0.25) is 0 Å². The van der Waals surface area contributed by atoms with Gasteiger partial charge in [0.1, 0.15) is 11.6 Å². The summed E-state index contributed by atoms with van der Waals surface area (Å²) in [5.74, 6) is -2.07. The lowest BCUT2D eigenvalue weighted by atomic mass is 10.0. The highest BCUT2D eigenvalue weighted by Gasteiger charge is 2.42. The van der Waals surface area contributed by atoms with E-state index < -0.39 is 35.5 Å². The van der Waals surface area contributed by atoms with Crippen LogP contribution in [0.4, 0.5) is 4.79 Å². The fourth-order valence-corrected chi connectivity index (χ4v) is 3.46. The summed E-state index contributed by atoms with van der Waals surface area (Å²) in [5, 5.41) is 4.54. The minimum atomic E-state index is -0.967. The smallest absolute Gasteiger partial charge is 0.337 e. The van der Waals surface area contributed by atoms with Crippen molar-refractivity contribution in [1.82, 2.24) is 15.3 Å². The standard InChI is InChI=1S/C25H29N3O5/c1-16(2)20(23(31)33-25(3,4)5)26-24(32)27(15-17-11-7-6-8-12-17)28-21(29)18-13-9-10-14-19(18)22(28)30/h6-14,16,20H,15H2,1-5H3,(H,26,32). The molecule has 1 N–H and O–H groups in total. The number of benzene rings is 2. The number of hydrogen-bond donors (Lipinski definition) is 1. The molecule has 2 aromatic rings. The van der Waals surface area contributed by atoms with E-state index in [0.29, 0.717) is 5.56 Å². The molecule has 8 nitrogen and oxygen atoms in total. The van der Waals surface area contributed by atoms with Gasteiger partial charge in [-0.1, -0.05) is 56.3 Å². The largest absolute Gasteiger partial charge is 0.458 e. The summed E-state index contributed by atoms with van der Waals surface area (Å²) in [5.41, 5.74) is 0.422. The number of urea groups is 1. The summed E-state index contributed by atoms with van der Waals surface area (Å²) in [4.78, 5) is 52.3. The van der Waals surface area contributed by atoms with Gasteiger partial charge in [0.25, 0.3) is 11.8 Å². The Morgan fingerprint density at radius 1 is 0.939 bits per heavy atom. The number of ether oxygens (including phenoxy) is 1. The Kier molecular flexibility index (Phi) is 6.86.